The van der Waals surface area contributed by atoms with E-state index in [0.29, 0.717) is 5.41 Å². The van der Waals surface area contributed by atoms with E-state index in [1.54, 1.807) is 0 Å². The van der Waals surface area contributed by atoms with E-state index in [-0.39, 0.29) is 0 Å². The smallest absolute Gasteiger partial charge is 0.113 e. The highest BCUT2D eigenvalue weighted by molar-refractivity contribution is 6.32. The first-order chi connectivity index (χ1) is 10.2. The molecular formula is C19H22BN. The van der Waals surface area contributed by atoms with E-state index in [2.05, 4.69) is 54.3 Å². The molecule has 2 radical (unpaired) electrons. The van der Waals surface area contributed by atoms with Gasteiger partial charge in [-0.05, 0) is 42.5 Å². The second-order valence-corrected chi connectivity index (χ2v) is 6.44. The third kappa shape index (κ3) is 3.38. The van der Waals surface area contributed by atoms with Crippen LogP contribution in [-0.2, 0) is 12.0 Å². The van der Waals surface area contributed by atoms with Gasteiger partial charge < -0.3 is 0 Å². The predicted molar refractivity (Wildman–Crippen MR) is 90.1 cm³/mol. The zero-order valence-corrected chi connectivity index (χ0v) is 12.8. The van der Waals surface area contributed by atoms with E-state index < -0.39 is 0 Å². The van der Waals surface area contributed by atoms with Gasteiger partial charge in [0, 0.05) is 6.54 Å². The summed E-state index contributed by atoms with van der Waals surface area (Å²) in [7, 11) is 5.80. The van der Waals surface area contributed by atoms with E-state index in [4.69, 9.17) is 7.85 Å². The topological polar surface area (TPSA) is 3.24 Å². The lowest BCUT2D eigenvalue weighted by Gasteiger charge is -2.40. The van der Waals surface area contributed by atoms with Crippen LogP contribution in [-0.4, -0.2) is 25.8 Å². The van der Waals surface area contributed by atoms with Crippen molar-refractivity contribution < 1.29 is 0 Å². The molecule has 2 heteroatoms. The maximum Gasteiger partial charge on any atom is 0.113 e. The van der Waals surface area contributed by atoms with Crippen LogP contribution in [0.1, 0.15) is 30.9 Å². The van der Waals surface area contributed by atoms with Gasteiger partial charge >= 0.3 is 0 Å². The van der Waals surface area contributed by atoms with Gasteiger partial charge in [-0.2, -0.15) is 0 Å². The molecule has 0 amide bonds. The lowest BCUT2D eigenvalue weighted by atomic mass is 9.74. The molecule has 2 aromatic carbocycles. The van der Waals surface area contributed by atoms with Gasteiger partial charge in [-0.25, -0.2) is 0 Å². The SMILES string of the molecule is [B]c1ccc(C2(C)CCN(Cc3ccccc3)CC2)cc1. The molecule has 2 aromatic rings. The second-order valence-electron chi connectivity index (χ2n) is 6.44. The molecule has 0 aromatic heterocycles. The molecule has 1 aliphatic heterocycles. The zero-order chi connectivity index (χ0) is 14.7. The first-order valence-corrected chi connectivity index (χ1v) is 7.78. The molecule has 0 aliphatic carbocycles. The summed E-state index contributed by atoms with van der Waals surface area (Å²) in [6.45, 7) is 5.78. The monoisotopic (exact) mass is 275 g/mol. The van der Waals surface area contributed by atoms with Crippen LogP contribution in [0.3, 0.4) is 0 Å². The van der Waals surface area contributed by atoms with Crippen LogP contribution >= 0.6 is 0 Å². The molecule has 1 heterocycles. The molecule has 1 aliphatic rings. The van der Waals surface area contributed by atoms with E-state index in [0.717, 1.165) is 25.1 Å². The normalized spacial score (nSPS) is 18.5. The summed E-state index contributed by atoms with van der Waals surface area (Å²) in [6, 6.07) is 19.2. The number of benzene rings is 2. The van der Waals surface area contributed by atoms with Crippen molar-refractivity contribution in [3.8, 4) is 0 Å². The molecule has 1 saturated heterocycles. The fourth-order valence-electron chi connectivity index (χ4n) is 3.22. The van der Waals surface area contributed by atoms with Crippen LogP contribution in [0.4, 0.5) is 0 Å². The fourth-order valence-corrected chi connectivity index (χ4v) is 3.22. The summed E-state index contributed by atoms with van der Waals surface area (Å²) in [5.74, 6) is 0. The highest BCUT2D eigenvalue weighted by Crippen LogP contribution is 2.35. The number of rotatable bonds is 3. The van der Waals surface area contributed by atoms with Crippen LogP contribution in [0.25, 0.3) is 0 Å². The summed E-state index contributed by atoms with van der Waals surface area (Å²) in [6.07, 6.45) is 2.42. The number of likely N-dealkylation sites (tertiary alicyclic amines) is 1. The van der Waals surface area contributed by atoms with E-state index in [1.807, 2.05) is 12.1 Å². The summed E-state index contributed by atoms with van der Waals surface area (Å²) in [4.78, 5) is 2.56. The number of hydrogen-bond acceptors (Lipinski definition) is 1. The highest BCUT2D eigenvalue weighted by atomic mass is 15.1. The molecule has 0 N–H and O–H groups in total. The van der Waals surface area contributed by atoms with Gasteiger partial charge in [-0.15, -0.1) is 0 Å². The predicted octanol–water partition coefficient (Wildman–Crippen LogP) is 3.03. The van der Waals surface area contributed by atoms with Crippen LogP contribution in [0.2, 0.25) is 0 Å². The molecule has 21 heavy (non-hydrogen) atoms. The van der Waals surface area contributed by atoms with Crippen molar-refractivity contribution in [3.05, 3.63) is 65.7 Å². The molecule has 106 valence electrons. The van der Waals surface area contributed by atoms with Crippen LogP contribution in [0, 0.1) is 0 Å². The van der Waals surface area contributed by atoms with Gasteiger partial charge in [0.2, 0.25) is 0 Å². The van der Waals surface area contributed by atoms with Crippen molar-refractivity contribution in [2.75, 3.05) is 13.1 Å². The Morgan fingerprint density at radius 2 is 1.57 bits per heavy atom. The Balaban J connectivity index is 1.63. The number of hydrogen-bond donors (Lipinski definition) is 0. The van der Waals surface area contributed by atoms with Gasteiger partial charge in [-0.1, -0.05) is 67.0 Å². The van der Waals surface area contributed by atoms with Crippen LogP contribution in [0.15, 0.2) is 54.6 Å². The molecule has 3 rings (SSSR count). The molecule has 0 atom stereocenters. The Bertz CT molecular complexity index is 568. The zero-order valence-electron chi connectivity index (χ0n) is 12.8. The molecular weight excluding hydrogens is 253 g/mol. The van der Waals surface area contributed by atoms with Gasteiger partial charge in [0.05, 0.1) is 0 Å². The number of nitrogens with zero attached hydrogens (tertiary/aromatic N) is 1. The van der Waals surface area contributed by atoms with Crippen LogP contribution < -0.4 is 5.46 Å². The first kappa shape index (κ1) is 14.4. The van der Waals surface area contributed by atoms with Gasteiger partial charge in [0.25, 0.3) is 0 Å². The first-order valence-electron chi connectivity index (χ1n) is 7.78. The van der Waals surface area contributed by atoms with Crippen molar-refractivity contribution in [3.63, 3.8) is 0 Å². The Morgan fingerprint density at radius 3 is 2.19 bits per heavy atom. The molecule has 0 bridgehead atoms. The molecule has 1 fully saturated rings. The largest absolute Gasteiger partial charge is 0.299 e. The summed E-state index contributed by atoms with van der Waals surface area (Å²) >= 11 is 0. The van der Waals surface area contributed by atoms with Crippen molar-refractivity contribution in [1.82, 2.24) is 4.90 Å². The minimum Gasteiger partial charge on any atom is -0.299 e. The maximum absolute atomic E-state index is 5.80. The molecule has 0 saturated carbocycles. The Kier molecular flexibility index (Phi) is 4.16. The van der Waals surface area contributed by atoms with Crippen molar-refractivity contribution in [2.45, 2.75) is 31.7 Å². The molecule has 0 unspecified atom stereocenters. The summed E-state index contributed by atoms with van der Waals surface area (Å²) < 4.78 is 0. The molecule has 1 nitrogen and oxygen atoms in total. The third-order valence-corrected chi connectivity index (χ3v) is 4.82. The standard InChI is InChI=1S/C19H22BN/c1-19(17-7-9-18(20)10-8-17)11-13-21(14-12-19)15-16-5-3-2-4-6-16/h2-10H,11-15H2,1H3. The van der Waals surface area contributed by atoms with Crippen molar-refractivity contribution >= 4 is 13.3 Å². The Morgan fingerprint density at radius 1 is 0.952 bits per heavy atom. The van der Waals surface area contributed by atoms with Gasteiger partial charge in [-0.3, -0.25) is 4.90 Å². The average Bonchev–Trinajstić information content (AvgIpc) is 2.51. The minimum absolute atomic E-state index is 0.293. The van der Waals surface area contributed by atoms with E-state index in [1.165, 1.54) is 24.0 Å². The fraction of sp³-hybridized carbons (Fsp3) is 0.368. The lowest BCUT2D eigenvalue weighted by molar-refractivity contribution is 0.162. The van der Waals surface area contributed by atoms with Gasteiger partial charge in [0.1, 0.15) is 7.85 Å². The minimum atomic E-state index is 0.293. The lowest BCUT2D eigenvalue weighted by Crippen LogP contribution is -2.40. The average molecular weight is 275 g/mol. The third-order valence-electron chi connectivity index (χ3n) is 4.82. The van der Waals surface area contributed by atoms with Crippen LogP contribution in [0.5, 0.6) is 0 Å². The van der Waals surface area contributed by atoms with Crippen molar-refractivity contribution in [1.29, 1.82) is 0 Å². The summed E-state index contributed by atoms with van der Waals surface area (Å²) in [5, 5.41) is 0. The van der Waals surface area contributed by atoms with Gasteiger partial charge in [0.15, 0.2) is 0 Å². The maximum atomic E-state index is 5.80. The quantitative estimate of drug-likeness (QED) is 0.778. The van der Waals surface area contributed by atoms with E-state index in [9.17, 15) is 0 Å². The second kappa shape index (κ2) is 6.07. The highest BCUT2D eigenvalue weighted by Gasteiger charge is 2.31. The Hall–Kier alpha value is -1.54. The Labute approximate surface area is 129 Å². The number of piperidine rings is 1. The molecule has 0 spiro atoms. The van der Waals surface area contributed by atoms with Crippen molar-refractivity contribution in [2.24, 2.45) is 0 Å². The summed E-state index contributed by atoms with van der Waals surface area (Å²) in [5.41, 5.74) is 3.98. The van der Waals surface area contributed by atoms with E-state index >= 15 is 0 Å².